The van der Waals surface area contributed by atoms with Crippen molar-refractivity contribution in [3.8, 4) is 11.6 Å². The van der Waals surface area contributed by atoms with Crippen molar-refractivity contribution in [1.29, 1.82) is 0 Å². The number of halogens is 2. The second-order valence-electron chi connectivity index (χ2n) is 8.71. The van der Waals surface area contributed by atoms with E-state index in [1.165, 1.54) is 36.4 Å². The van der Waals surface area contributed by atoms with Gasteiger partial charge in [0, 0.05) is 6.07 Å². The highest BCUT2D eigenvalue weighted by Gasteiger charge is 2.28. The molecule has 8 nitrogen and oxygen atoms in total. The van der Waals surface area contributed by atoms with Gasteiger partial charge in [0.2, 0.25) is 5.88 Å². The number of aromatic nitrogens is 2. The summed E-state index contributed by atoms with van der Waals surface area (Å²) in [6.07, 6.45) is -0.452. The van der Waals surface area contributed by atoms with E-state index in [1.54, 1.807) is 13.0 Å². The van der Waals surface area contributed by atoms with Crippen LogP contribution in [0.1, 0.15) is 49.3 Å². The van der Waals surface area contributed by atoms with E-state index < -0.39 is 41.6 Å². The Kier molecular flexibility index (Phi) is 7.85. The monoisotopic (exact) mass is 487 g/mol. The van der Waals surface area contributed by atoms with Crippen LogP contribution in [0.15, 0.2) is 54.6 Å². The number of nitrogens with one attached hydrogen (secondary N) is 1. The van der Waals surface area contributed by atoms with Crippen molar-refractivity contribution < 1.29 is 33.3 Å². The number of aliphatic hydroxyl groups is 1. The number of hydrogen-bond acceptors (Lipinski definition) is 5. The highest BCUT2D eigenvalue weighted by molar-refractivity contribution is 5.93. The van der Waals surface area contributed by atoms with Crippen molar-refractivity contribution in [3.05, 3.63) is 77.5 Å². The molecule has 1 heterocycles. The second-order valence-corrected chi connectivity index (χ2v) is 8.71. The Morgan fingerprint density at radius 2 is 1.80 bits per heavy atom. The van der Waals surface area contributed by atoms with Gasteiger partial charge in [0.1, 0.15) is 23.9 Å². The predicted octanol–water partition coefficient (Wildman–Crippen LogP) is 3.88. The zero-order valence-electron chi connectivity index (χ0n) is 19.5. The largest absolute Gasteiger partial charge is 0.481 e. The van der Waals surface area contributed by atoms with Crippen LogP contribution in [0, 0.1) is 17.6 Å². The summed E-state index contributed by atoms with van der Waals surface area (Å²) in [6.45, 7) is 5.07. The van der Waals surface area contributed by atoms with Crippen molar-refractivity contribution in [1.82, 2.24) is 15.1 Å². The molecule has 2 unspecified atom stereocenters. The Hall–Kier alpha value is -3.79. The molecule has 10 heteroatoms. The lowest BCUT2D eigenvalue weighted by molar-refractivity contribution is -0.137. The van der Waals surface area contributed by atoms with Gasteiger partial charge in [-0.1, -0.05) is 38.1 Å². The maximum Gasteiger partial charge on any atom is 0.305 e. The molecule has 0 aliphatic rings. The minimum Gasteiger partial charge on any atom is -0.481 e. The summed E-state index contributed by atoms with van der Waals surface area (Å²) in [5.41, 5.74) is -0.960. The molecule has 0 aliphatic carbocycles. The van der Waals surface area contributed by atoms with Crippen molar-refractivity contribution >= 4 is 11.9 Å². The number of hydrogen-bond donors (Lipinski definition) is 3. The van der Waals surface area contributed by atoms with Crippen LogP contribution < -0.4 is 10.1 Å². The average Bonchev–Trinajstić information content (AvgIpc) is 3.22. The van der Waals surface area contributed by atoms with Crippen LogP contribution in [0.25, 0.3) is 5.69 Å². The SMILES string of the molecule is CC(C)C(C)(O)COc1cc(C(=O)NC(CC(=O)O)c2ccc(F)cc2)nn1-c1ccccc1F. The van der Waals surface area contributed by atoms with E-state index in [4.69, 9.17) is 4.74 Å². The molecule has 1 amide bonds. The molecule has 0 saturated carbocycles. The lowest BCUT2D eigenvalue weighted by Crippen LogP contribution is -2.38. The fourth-order valence-corrected chi connectivity index (χ4v) is 3.11. The lowest BCUT2D eigenvalue weighted by Gasteiger charge is -2.27. The van der Waals surface area contributed by atoms with Gasteiger partial charge in [-0.2, -0.15) is 9.78 Å². The van der Waals surface area contributed by atoms with Gasteiger partial charge in [-0.05, 0) is 42.7 Å². The van der Waals surface area contributed by atoms with Crippen LogP contribution in [0.3, 0.4) is 0 Å². The fraction of sp³-hybridized carbons (Fsp3) is 0.320. The minimum atomic E-state index is -1.21. The molecule has 2 aromatic carbocycles. The van der Waals surface area contributed by atoms with Crippen molar-refractivity contribution in [2.24, 2.45) is 5.92 Å². The third-order valence-corrected chi connectivity index (χ3v) is 5.70. The van der Waals surface area contributed by atoms with Gasteiger partial charge >= 0.3 is 5.97 Å². The average molecular weight is 488 g/mol. The smallest absolute Gasteiger partial charge is 0.305 e. The van der Waals surface area contributed by atoms with E-state index in [2.05, 4.69) is 10.4 Å². The van der Waals surface area contributed by atoms with E-state index in [9.17, 15) is 28.6 Å². The first-order valence-electron chi connectivity index (χ1n) is 11.0. The summed E-state index contributed by atoms with van der Waals surface area (Å²) in [5.74, 6) is -3.16. The molecule has 0 saturated heterocycles. The molecule has 0 radical (unpaired) electrons. The summed E-state index contributed by atoms with van der Waals surface area (Å²) >= 11 is 0. The van der Waals surface area contributed by atoms with E-state index >= 15 is 0 Å². The Bertz CT molecular complexity index is 1190. The molecule has 3 rings (SSSR count). The molecular formula is C25H27F2N3O5. The fourth-order valence-electron chi connectivity index (χ4n) is 3.11. The maximum absolute atomic E-state index is 14.5. The number of amides is 1. The molecule has 0 fully saturated rings. The topological polar surface area (TPSA) is 114 Å². The first-order chi connectivity index (χ1) is 16.5. The quantitative estimate of drug-likeness (QED) is 0.400. The number of carbonyl (C=O) groups excluding carboxylic acids is 1. The van der Waals surface area contributed by atoms with Crippen molar-refractivity contribution in [3.63, 3.8) is 0 Å². The number of para-hydroxylation sites is 1. The first-order valence-corrected chi connectivity index (χ1v) is 11.0. The van der Waals surface area contributed by atoms with Crippen molar-refractivity contribution in [2.45, 2.75) is 38.8 Å². The van der Waals surface area contributed by atoms with Crippen LogP contribution in [-0.4, -0.2) is 44.1 Å². The van der Waals surface area contributed by atoms with Crippen molar-refractivity contribution in [2.75, 3.05) is 6.61 Å². The summed E-state index contributed by atoms with van der Waals surface area (Å²) in [5, 5.41) is 26.6. The predicted molar refractivity (Wildman–Crippen MR) is 123 cm³/mol. The van der Waals surface area contributed by atoms with E-state index in [1.807, 2.05) is 13.8 Å². The number of ether oxygens (including phenoxy) is 1. The summed E-state index contributed by atoms with van der Waals surface area (Å²) < 4.78 is 34.7. The Balaban J connectivity index is 1.94. The molecule has 0 spiro atoms. The number of aliphatic carboxylic acids is 1. The zero-order valence-corrected chi connectivity index (χ0v) is 19.5. The molecule has 0 aliphatic heterocycles. The van der Waals surface area contributed by atoms with E-state index in [0.29, 0.717) is 5.56 Å². The molecule has 2 atom stereocenters. The highest BCUT2D eigenvalue weighted by Crippen LogP contribution is 2.25. The summed E-state index contributed by atoms with van der Waals surface area (Å²) in [4.78, 5) is 24.4. The van der Waals surface area contributed by atoms with Gasteiger partial charge in [-0.25, -0.2) is 8.78 Å². The van der Waals surface area contributed by atoms with Crippen LogP contribution in [-0.2, 0) is 4.79 Å². The number of carboxylic acids is 1. The third kappa shape index (κ3) is 6.42. The molecule has 0 bridgehead atoms. The highest BCUT2D eigenvalue weighted by atomic mass is 19.1. The summed E-state index contributed by atoms with van der Waals surface area (Å²) in [6, 6.07) is 11.2. The molecule has 186 valence electrons. The molecule has 3 N–H and O–H groups in total. The minimum absolute atomic E-state index is 0.0118. The number of nitrogens with zero attached hydrogens (tertiary/aromatic N) is 2. The lowest BCUT2D eigenvalue weighted by atomic mass is 9.94. The van der Waals surface area contributed by atoms with Crippen LogP contribution >= 0.6 is 0 Å². The Morgan fingerprint density at radius 3 is 2.40 bits per heavy atom. The Labute approximate surface area is 201 Å². The van der Waals surface area contributed by atoms with E-state index in [0.717, 1.165) is 16.8 Å². The Morgan fingerprint density at radius 1 is 1.14 bits per heavy atom. The molecule has 3 aromatic rings. The number of carboxylic acid groups (broad SMARTS) is 1. The molecule has 35 heavy (non-hydrogen) atoms. The zero-order chi connectivity index (χ0) is 25.8. The summed E-state index contributed by atoms with van der Waals surface area (Å²) in [7, 11) is 0. The van der Waals surface area contributed by atoms with Crippen LogP contribution in [0.2, 0.25) is 0 Å². The third-order valence-electron chi connectivity index (χ3n) is 5.70. The van der Waals surface area contributed by atoms with Gasteiger partial charge in [0.05, 0.1) is 18.1 Å². The van der Waals surface area contributed by atoms with Crippen LogP contribution in [0.5, 0.6) is 5.88 Å². The number of carbonyl (C=O) groups is 2. The van der Waals surface area contributed by atoms with Gasteiger partial charge in [0.25, 0.3) is 5.91 Å². The van der Waals surface area contributed by atoms with Gasteiger partial charge in [-0.15, -0.1) is 0 Å². The molecule has 1 aromatic heterocycles. The van der Waals surface area contributed by atoms with Gasteiger partial charge in [0.15, 0.2) is 5.69 Å². The van der Waals surface area contributed by atoms with Crippen LogP contribution in [0.4, 0.5) is 8.78 Å². The van der Waals surface area contributed by atoms with E-state index in [-0.39, 0.29) is 29.8 Å². The number of rotatable bonds is 10. The maximum atomic E-state index is 14.5. The first kappa shape index (κ1) is 25.8. The number of benzene rings is 2. The normalized spacial score (nSPS) is 13.8. The second kappa shape index (κ2) is 10.6. The van der Waals surface area contributed by atoms with Gasteiger partial charge < -0.3 is 20.3 Å². The standard InChI is InChI=1S/C25H27F2N3O5/c1-15(2)25(3,34)14-35-22-12-20(29-30(22)21-7-5-4-6-18(21)27)24(33)28-19(13-23(31)32)16-8-10-17(26)11-9-16/h4-12,15,19,34H,13-14H2,1-3H3,(H,28,33)(H,31,32). The molecular weight excluding hydrogens is 460 g/mol. The van der Waals surface area contributed by atoms with Gasteiger partial charge in [-0.3, -0.25) is 9.59 Å².